The number of ether oxygens (including phenoxy) is 1. The zero-order chi connectivity index (χ0) is 16.8. The number of thioether (sulfide) groups is 1. The van der Waals surface area contributed by atoms with Gasteiger partial charge in [0.05, 0.1) is 13.5 Å². The normalized spacial score (nSPS) is 10.0. The predicted octanol–water partition coefficient (Wildman–Crippen LogP) is -0.813. The topological polar surface area (TPSA) is 119 Å². The van der Waals surface area contributed by atoms with E-state index >= 15 is 0 Å². The van der Waals surface area contributed by atoms with Gasteiger partial charge in [0.25, 0.3) is 0 Å². The number of carbonyl (C=O) groups is 5. The molecule has 0 radical (unpaired) electrons. The summed E-state index contributed by atoms with van der Waals surface area (Å²) in [7, 11) is 1.18. The summed E-state index contributed by atoms with van der Waals surface area (Å²) in [4.78, 5) is 54.8. The number of esters is 1. The van der Waals surface area contributed by atoms with Gasteiger partial charge in [0, 0.05) is 31.3 Å². The van der Waals surface area contributed by atoms with Crippen molar-refractivity contribution in [3.63, 3.8) is 0 Å². The maximum Gasteiger partial charge on any atom is 0.330 e. The Morgan fingerprint density at radius 3 is 2.50 bits per heavy atom. The Kier molecular flexibility index (Phi) is 11.3. The summed E-state index contributed by atoms with van der Waals surface area (Å²) in [6.45, 7) is 0.533. The maximum atomic E-state index is 11.5. The van der Waals surface area contributed by atoms with Gasteiger partial charge < -0.3 is 15.4 Å². The molecule has 0 fully saturated rings. The van der Waals surface area contributed by atoms with Crippen LogP contribution in [-0.4, -0.2) is 55.1 Å². The molecule has 22 heavy (non-hydrogen) atoms. The zero-order valence-electron chi connectivity index (χ0n) is 12.1. The first-order valence-electron chi connectivity index (χ1n) is 6.37. The third kappa shape index (κ3) is 11.6. The molecule has 0 saturated heterocycles. The van der Waals surface area contributed by atoms with Crippen molar-refractivity contribution in [3.8, 4) is 0 Å². The maximum absolute atomic E-state index is 11.5. The van der Waals surface area contributed by atoms with Crippen molar-refractivity contribution in [2.24, 2.45) is 0 Å². The number of methoxy groups -OCH3 is 1. The van der Waals surface area contributed by atoms with Crippen LogP contribution in [0.1, 0.15) is 12.8 Å². The molecule has 0 unspecified atom stereocenters. The third-order valence-electron chi connectivity index (χ3n) is 2.19. The molecule has 122 valence electrons. The standard InChI is InChI=1S/C13H18N2O6S/c1-21-12(19)3-2-10(17)8-13(20)22-7-6-15-11(18)4-5-14-9-16/h2-3,9H,4-8H2,1H3,(H,14,16)(H,15,18)/b3-2+. The molecular weight excluding hydrogens is 312 g/mol. The van der Waals surface area contributed by atoms with E-state index in [1.807, 2.05) is 0 Å². The summed E-state index contributed by atoms with van der Waals surface area (Å²) in [6, 6.07) is 0. The number of allylic oxidation sites excluding steroid dienone is 1. The zero-order valence-corrected chi connectivity index (χ0v) is 12.9. The van der Waals surface area contributed by atoms with Crippen LogP contribution in [0.5, 0.6) is 0 Å². The molecule has 0 aliphatic heterocycles. The molecule has 0 spiro atoms. The van der Waals surface area contributed by atoms with E-state index in [1.54, 1.807) is 0 Å². The second-order valence-electron chi connectivity index (χ2n) is 3.89. The molecular formula is C13H18N2O6S. The SMILES string of the molecule is COC(=O)/C=C/C(=O)CC(=O)SCCNC(=O)CCNC=O. The first-order chi connectivity index (χ1) is 10.5. The first kappa shape index (κ1) is 19.8. The number of hydrogen-bond donors (Lipinski definition) is 2. The van der Waals surface area contributed by atoms with Crippen LogP contribution in [0.15, 0.2) is 12.2 Å². The summed E-state index contributed by atoms with van der Waals surface area (Å²) in [5, 5.41) is 4.58. The van der Waals surface area contributed by atoms with Gasteiger partial charge >= 0.3 is 5.97 Å². The molecule has 0 aliphatic carbocycles. The molecule has 0 aliphatic rings. The van der Waals surface area contributed by atoms with Crippen LogP contribution in [0.4, 0.5) is 0 Å². The van der Waals surface area contributed by atoms with Crippen LogP contribution in [0.3, 0.4) is 0 Å². The van der Waals surface area contributed by atoms with Crippen LogP contribution in [-0.2, 0) is 28.7 Å². The monoisotopic (exact) mass is 330 g/mol. The highest BCUT2D eigenvalue weighted by atomic mass is 32.2. The molecule has 0 saturated carbocycles. The second kappa shape index (κ2) is 12.6. The average Bonchev–Trinajstić information content (AvgIpc) is 2.49. The molecule has 0 aromatic rings. The molecule has 0 aromatic heterocycles. The minimum atomic E-state index is -0.666. The number of amides is 2. The summed E-state index contributed by atoms with van der Waals surface area (Å²) in [6.07, 6.45) is 2.29. The fourth-order valence-corrected chi connectivity index (χ4v) is 1.85. The summed E-state index contributed by atoms with van der Waals surface area (Å²) >= 11 is 0.919. The third-order valence-corrected chi connectivity index (χ3v) is 3.07. The Morgan fingerprint density at radius 2 is 1.86 bits per heavy atom. The van der Waals surface area contributed by atoms with Gasteiger partial charge in [0.15, 0.2) is 10.9 Å². The molecule has 0 atom stereocenters. The van der Waals surface area contributed by atoms with Gasteiger partial charge in [-0.05, 0) is 6.08 Å². The fourth-order valence-electron chi connectivity index (χ4n) is 1.17. The largest absolute Gasteiger partial charge is 0.466 e. The number of carbonyl (C=O) groups excluding carboxylic acids is 5. The van der Waals surface area contributed by atoms with Gasteiger partial charge in [-0.1, -0.05) is 11.8 Å². The first-order valence-corrected chi connectivity index (χ1v) is 7.36. The van der Waals surface area contributed by atoms with Crippen LogP contribution in [0.25, 0.3) is 0 Å². The second-order valence-corrected chi connectivity index (χ2v) is 5.04. The lowest BCUT2D eigenvalue weighted by atomic mass is 10.3. The van der Waals surface area contributed by atoms with E-state index < -0.39 is 11.8 Å². The number of nitrogens with one attached hydrogen (secondary N) is 2. The molecule has 9 heteroatoms. The molecule has 0 aromatic carbocycles. The highest BCUT2D eigenvalue weighted by Crippen LogP contribution is 2.05. The molecule has 2 amide bonds. The molecule has 8 nitrogen and oxygen atoms in total. The number of rotatable bonds is 11. The predicted molar refractivity (Wildman–Crippen MR) is 79.9 cm³/mol. The molecule has 2 N–H and O–H groups in total. The Balaban J connectivity index is 3.75. The van der Waals surface area contributed by atoms with E-state index in [-0.39, 0.29) is 37.0 Å². The quantitative estimate of drug-likeness (QED) is 0.167. The Morgan fingerprint density at radius 1 is 1.14 bits per heavy atom. The Bertz CT molecular complexity index is 450. The van der Waals surface area contributed by atoms with E-state index in [1.165, 1.54) is 7.11 Å². The van der Waals surface area contributed by atoms with E-state index in [2.05, 4.69) is 15.4 Å². The Hall–Kier alpha value is -2.16. The van der Waals surface area contributed by atoms with E-state index in [0.29, 0.717) is 12.2 Å². The highest BCUT2D eigenvalue weighted by Gasteiger charge is 2.08. The molecule has 0 heterocycles. The van der Waals surface area contributed by atoms with Gasteiger partial charge in [-0.2, -0.15) is 0 Å². The summed E-state index contributed by atoms with van der Waals surface area (Å²) in [5.74, 6) is -1.06. The van der Waals surface area contributed by atoms with Gasteiger partial charge in [0.2, 0.25) is 12.3 Å². The van der Waals surface area contributed by atoms with Crippen molar-refractivity contribution in [3.05, 3.63) is 12.2 Å². The van der Waals surface area contributed by atoms with Crippen molar-refractivity contribution < 1.29 is 28.7 Å². The lowest BCUT2D eigenvalue weighted by Crippen LogP contribution is -2.29. The van der Waals surface area contributed by atoms with Crippen molar-refractivity contribution in [2.45, 2.75) is 12.8 Å². The van der Waals surface area contributed by atoms with Gasteiger partial charge in [-0.3, -0.25) is 19.2 Å². The van der Waals surface area contributed by atoms with Crippen LogP contribution < -0.4 is 10.6 Å². The summed E-state index contributed by atoms with van der Waals surface area (Å²) in [5.41, 5.74) is 0. The van der Waals surface area contributed by atoms with Gasteiger partial charge in [-0.25, -0.2) is 4.79 Å². The average molecular weight is 330 g/mol. The van der Waals surface area contributed by atoms with Gasteiger partial charge in [0.1, 0.15) is 0 Å². The minimum absolute atomic E-state index is 0.161. The lowest BCUT2D eigenvalue weighted by Gasteiger charge is -2.04. The smallest absolute Gasteiger partial charge is 0.330 e. The van der Waals surface area contributed by atoms with Crippen molar-refractivity contribution >= 4 is 40.9 Å². The number of hydrogen-bond acceptors (Lipinski definition) is 7. The van der Waals surface area contributed by atoms with Crippen LogP contribution in [0.2, 0.25) is 0 Å². The summed E-state index contributed by atoms with van der Waals surface area (Å²) < 4.78 is 4.31. The van der Waals surface area contributed by atoms with Gasteiger partial charge in [-0.15, -0.1) is 0 Å². The molecule has 0 bridgehead atoms. The van der Waals surface area contributed by atoms with E-state index in [4.69, 9.17) is 0 Å². The number of ketones is 1. The minimum Gasteiger partial charge on any atom is -0.466 e. The van der Waals surface area contributed by atoms with Crippen LogP contribution in [0, 0.1) is 0 Å². The van der Waals surface area contributed by atoms with Crippen molar-refractivity contribution in [1.29, 1.82) is 0 Å². The van der Waals surface area contributed by atoms with Crippen LogP contribution >= 0.6 is 11.8 Å². The Labute approximate surface area is 132 Å². The van der Waals surface area contributed by atoms with Crippen molar-refractivity contribution in [2.75, 3.05) is 26.0 Å². The van der Waals surface area contributed by atoms with E-state index in [0.717, 1.165) is 23.9 Å². The highest BCUT2D eigenvalue weighted by molar-refractivity contribution is 8.13. The molecule has 0 rings (SSSR count). The fraction of sp³-hybridized carbons (Fsp3) is 0.462. The van der Waals surface area contributed by atoms with E-state index in [9.17, 15) is 24.0 Å². The van der Waals surface area contributed by atoms with Crippen molar-refractivity contribution in [1.82, 2.24) is 10.6 Å². The lowest BCUT2D eigenvalue weighted by molar-refractivity contribution is -0.135.